The number of aromatic nitrogens is 4. The molecule has 26 heavy (non-hydrogen) atoms. The first-order chi connectivity index (χ1) is 12.7. The van der Waals surface area contributed by atoms with Crippen molar-refractivity contribution in [3.8, 4) is 11.4 Å². The van der Waals surface area contributed by atoms with Gasteiger partial charge in [0.05, 0.1) is 5.69 Å². The SMILES string of the molecule is CCc1nc(N2CCCCC2CC)n2nc(-c3ccccc3)[nH]c(=O)c12. The Hall–Kier alpha value is -2.63. The molecule has 2 aromatic heterocycles. The average Bonchev–Trinajstić information content (AvgIpc) is 3.07. The molecule has 1 aliphatic rings. The van der Waals surface area contributed by atoms with Gasteiger partial charge in [-0.05, 0) is 32.1 Å². The van der Waals surface area contributed by atoms with E-state index in [9.17, 15) is 4.79 Å². The van der Waals surface area contributed by atoms with Gasteiger partial charge in [0.25, 0.3) is 5.56 Å². The number of aromatic amines is 1. The quantitative estimate of drug-likeness (QED) is 0.782. The van der Waals surface area contributed by atoms with Crippen LogP contribution in [0.25, 0.3) is 16.9 Å². The molecule has 0 aliphatic carbocycles. The molecular formula is C20H25N5O. The summed E-state index contributed by atoms with van der Waals surface area (Å²) >= 11 is 0. The van der Waals surface area contributed by atoms with Crippen LogP contribution in [0.1, 0.15) is 45.2 Å². The van der Waals surface area contributed by atoms with Gasteiger partial charge in [-0.1, -0.05) is 44.2 Å². The van der Waals surface area contributed by atoms with Crippen LogP contribution in [0.15, 0.2) is 35.1 Å². The van der Waals surface area contributed by atoms with Crippen LogP contribution >= 0.6 is 0 Å². The second-order valence-electron chi connectivity index (χ2n) is 6.89. The smallest absolute Gasteiger partial charge is 0.277 e. The van der Waals surface area contributed by atoms with Crippen molar-refractivity contribution in [2.24, 2.45) is 0 Å². The van der Waals surface area contributed by atoms with Crippen LogP contribution in [0.3, 0.4) is 0 Å². The number of hydrogen-bond donors (Lipinski definition) is 1. The van der Waals surface area contributed by atoms with E-state index in [1.165, 1.54) is 12.8 Å². The topological polar surface area (TPSA) is 66.3 Å². The Bertz CT molecular complexity index is 959. The summed E-state index contributed by atoms with van der Waals surface area (Å²) in [4.78, 5) is 22.9. The summed E-state index contributed by atoms with van der Waals surface area (Å²) in [6.07, 6.45) is 5.36. The summed E-state index contributed by atoms with van der Waals surface area (Å²) in [5.41, 5.74) is 2.16. The second kappa shape index (κ2) is 6.94. The normalized spacial score (nSPS) is 17.8. The van der Waals surface area contributed by atoms with Crippen LogP contribution in [0.4, 0.5) is 5.95 Å². The lowest BCUT2D eigenvalue weighted by Crippen LogP contribution is -2.40. The van der Waals surface area contributed by atoms with Gasteiger partial charge < -0.3 is 9.88 Å². The molecule has 0 saturated carbocycles. The number of imidazole rings is 1. The Morgan fingerprint density at radius 2 is 2.00 bits per heavy atom. The molecule has 1 unspecified atom stereocenters. The van der Waals surface area contributed by atoms with Crippen molar-refractivity contribution in [2.75, 3.05) is 11.4 Å². The Morgan fingerprint density at radius 1 is 1.19 bits per heavy atom. The molecule has 1 aliphatic heterocycles. The van der Waals surface area contributed by atoms with Crippen LogP contribution in [0.5, 0.6) is 0 Å². The molecular weight excluding hydrogens is 326 g/mol. The van der Waals surface area contributed by atoms with Gasteiger partial charge >= 0.3 is 0 Å². The maximum Gasteiger partial charge on any atom is 0.277 e. The van der Waals surface area contributed by atoms with Crippen molar-refractivity contribution in [1.82, 2.24) is 19.6 Å². The zero-order valence-electron chi connectivity index (χ0n) is 15.4. The third-order valence-corrected chi connectivity index (χ3v) is 5.29. The van der Waals surface area contributed by atoms with E-state index in [-0.39, 0.29) is 5.56 Å². The zero-order valence-corrected chi connectivity index (χ0v) is 15.4. The first-order valence-corrected chi connectivity index (χ1v) is 9.57. The molecule has 1 saturated heterocycles. The third-order valence-electron chi connectivity index (χ3n) is 5.29. The number of fused-ring (bicyclic) bond motifs is 1. The number of hydrogen-bond acceptors (Lipinski definition) is 4. The predicted molar refractivity (Wildman–Crippen MR) is 104 cm³/mol. The van der Waals surface area contributed by atoms with E-state index in [0.29, 0.717) is 23.8 Å². The minimum atomic E-state index is -0.125. The number of aryl methyl sites for hydroxylation is 1. The van der Waals surface area contributed by atoms with E-state index in [4.69, 9.17) is 10.1 Å². The van der Waals surface area contributed by atoms with E-state index in [1.807, 2.05) is 37.3 Å². The molecule has 0 amide bonds. The first-order valence-electron chi connectivity index (χ1n) is 9.57. The van der Waals surface area contributed by atoms with Gasteiger partial charge in [-0.15, -0.1) is 5.10 Å². The summed E-state index contributed by atoms with van der Waals surface area (Å²) in [7, 11) is 0. The van der Waals surface area contributed by atoms with E-state index in [2.05, 4.69) is 16.8 Å². The fourth-order valence-electron chi connectivity index (χ4n) is 3.90. The minimum absolute atomic E-state index is 0.125. The van der Waals surface area contributed by atoms with Gasteiger partial charge in [0.1, 0.15) is 0 Å². The van der Waals surface area contributed by atoms with Gasteiger partial charge in [-0.25, -0.2) is 4.98 Å². The number of nitrogens with zero attached hydrogens (tertiary/aromatic N) is 4. The summed E-state index contributed by atoms with van der Waals surface area (Å²) in [5.74, 6) is 1.39. The van der Waals surface area contributed by atoms with Crippen molar-refractivity contribution in [2.45, 2.75) is 52.0 Å². The van der Waals surface area contributed by atoms with Gasteiger partial charge in [0, 0.05) is 18.2 Å². The van der Waals surface area contributed by atoms with Gasteiger partial charge in [0.2, 0.25) is 5.95 Å². The highest BCUT2D eigenvalue weighted by atomic mass is 16.1. The van der Waals surface area contributed by atoms with Crippen LogP contribution in [0, 0.1) is 0 Å². The summed E-state index contributed by atoms with van der Waals surface area (Å²) in [5, 5.41) is 4.78. The minimum Gasteiger partial charge on any atom is -0.338 e. The lowest BCUT2D eigenvalue weighted by Gasteiger charge is -2.35. The highest BCUT2D eigenvalue weighted by Gasteiger charge is 2.27. The van der Waals surface area contributed by atoms with E-state index in [0.717, 1.165) is 36.6 Å². The number of H-pyrrole nitrogens is 1. The molecule has 0 bridgehead atoms. The lowest BCUT2D eigenvalue weighted by atomic mass is 10.0. The van der Waals surface area contributed by atoms with E-state index < -0.39 is 0 Å². The zero-order chi connectivity index (χ0) is 18.1. The third kappa shape index (κ3) is 2.79. The van der Waals surface area contributed by atoms with Gasteiger partial charge in [-0.3, -0.25) is 4.79 Å². The van der Waals surface area contributed by atoms with Crippen molar-refractivity contribution < 1.29 is 0 Å². The van der Waals surface area contributed by atoms with Crippen molar-refractivity contribution in [3.05, 3.63) is 46.4 Å². The molecule has 1 atom stereocenters. The Balaban J connectivity index is 1.92. The molecule has 136 valence electrons. The average molecular weight is 351 g/mol. The number of nitrogens with one attached hydrogen (secondary N) is 1. The fraction of sp³-hybridized carbons (Fsp3) is 0.450. The van der Waals surface area contributed by atoms with Crippen molar-refractivity contribution >= 4 is 11.5 Å². The number of rotatable bonds is 4. The van der Waals surface area contributed by atoms with Crippen molar-refractivity contribution in [1.29, 1.82) is 0 Å². The van der Waals surface area contributed by atoms with Crippen LogP contribution < -0.4 is 10.5 Å². The monoisotopic (exact) mass is 351 g/mol. The number of piperidine rings is 1. The molecule has 3 heterocycles. The van der Waals surface area contributed by atoms with E-state index >= 15 is 0 Å². The van der Waals surface area contributed by atoms with Crippen LogP contribution in [0.2, 0.25) is 0 Å². The maximum absolute atomic E-state index is 12.8. The standard InChI is InChI=1S/C20H25N5O/c1-3-15-12-8-9-13-24(15)20-21-16(4-2)17-19(26)22-18(23-25(17)20)14-10-6-5-7-11-14/h5-7,10-11,15H,3-4,8-9,12-13H2,1-2H3,(H,22,23,26). The molecule has 3 aromatic rings. The molecule has 4 rings (SSSR count). The highest BCUT2D eigenvalue weighted by Crippen LogP contribution is 2.27. The largest absolute Gasteiger partial charge is 0.338 e. The summed E-state index contributed by atoms with van der Waals surface area (Å²) in [6.45, 7) is 5.22. The van der Waals surface area contributed by atoms with Crippen molar-refractivity contribution in [3.63, 3.8) is 0 Å². The lowest BCUT2D eigenvalue weighted by molar-refractivity contribution is 0.441. The molecule has 6 nitrogen and oxygen atoms in total. The number of anilines is 1. The Kier molecular flexibility index (Phi) is 4.49. The second-order valence-corrected chi connectivity index (χ2v) is 6.89. The molecule has 0 radical (unpaired) electrons. The number of benzene rings is 1. The molecule has 6 heteroatoms. The maximum atomic E-state index is 12.8. The van der Waals surface area contributed by atoms with E-state index in [1.54, 1.807) is 4.52 Å². The summed E-state index contributed by atoms with van der Waals surface area (Å²) in [6, 6.07) is 10.2. The molecule has 0 spiro atoms. The highest BCUT2D eigenvalue weighted by molar-refractivity contribution is 5.61. The Morgan fingerprint density at radius 3 is 2.73 bits per heavy atom. The molecule has 1 fully saturated rings. The first kappa shape index (κ1) is 16.8. The summed E-state index contributed by atoms with van der Waals surface area (Å²) < 4.78 is 1.77. The predicted octanol–water partition coefficient (Wildman–Crippen LogP) is 3.42. The fourth-order valence-corrected chi connectivity index (χ4v) is 3.90. The molecule has 1 N–H and O–H groups in total. The van der Waals surface area contributed by atoms with Gasteiger partial charge in [-0.2, -0.15) is 4.52 Å². The molecule has 1 aromatic carbocycles. The van der Waals surface area contributed by atoms with Gasteiger partial charge in [0.15, 0.2) is 11.3 Å². The Labute approximate surface area is 152 Å². The van der Waals surface area contributed by atoms with Crippen LogP contribution in [-0.2, 0) is 6.42 Å². The van der Waals surface area contributed by atoms with Crippen LogP contribution in [-0.4, -0.2) is 32.2 Å².